The smallest absolute Gasteiger partial charge is 0.330 e. The lowest BCUT2D eigenvalue weighted by Gasteiger charge is -2.17. The molecule has 0 amide bonds. The van der Waals surface area contributed by atoms with Gasteiger partial charge in [-0.2, -0.15) is 0 Å². The van der Waals surface area contributed by atoms with Gasteiger partial charge in [0.1, 0.15) is 11.9 Å². The number of hydrogen-bond donors (Lipinski definition) is 2. The van der Waals surface area contributed by atoms with Crippen molar-refractivity contribution in [3.8, 4) is 5.75 Å². The number of rotatable bonds is 25. The second-order valence-electron chi connectivity index (χ2n) is 8.89. The first-order valence-corrected chi connectivity index (χ1v) is 14.5. The summed E-state index contributed by atoms with van der Waals surface area (Å²) >= 11 is 0. The summed E-state index contributed by atoms with van der Waals surface area (Å²) in [7, 11) is -0.158. The maximum absolute atomic E-state index is 10.8. The van der Waals surface area contributed by atoms with Crippen LogP contribution in [0.25, 0.3) is 0 Å². The van der Waals surface area contributed by atoms with Crippen LogP contribution in [0.15, 0.2) is 24.3 Å². The molecule has 1 rings (SSSR count). The number of benzene rings is 1. The summed E-state index contributed by atoms with van der Waals surface area (Å²) < 4.78 is 21.4. The van der Waals surface area contributed by atoms with Crippen LogP contribution in [0.1, 0.15) is 89.5 Å². The molecular weight excluding hydrogens is 465 g/mol. The second kappa shape index (κ2) is 23.2. The van der Waals surface area contributed by atoms with Gasteiger partial charge in [-0.1, -0.05) is 76.8 Å². The van der Waals surface area contributed by atoms with Crippen LogP contribution in [0.5, 0.6) is 5.75 Å². The van der Waals surface area contributed by atoms with Crippen LogP contribution in [0, 0.1) is 0 Å². The first-order chi connectivity index (χ1) is 17.2. The first-order valence-electron chi connectivity index (χ1n) is 13.4. The highest BCUT2D eigenvalue weighted by atomic mass is 31.2. The minimum Gasteiger partial charge on any atom is -0.494 e. The van der Waals surface area contributed by atoms with E-state index < -0.39 is 14.7 Å². The fourth-order valence-corrected chi connectivity index (χ4v) is 4.36. The van der Waals surface area contributed by atoms with Crippen molar-refractivity contribution >= 4 is 15.1 Å². The van der Waals surface area contributed by atoms with Gasteiger partial charge in [0.25, 0.3) is 6.47 Å². The van der Waals surface area contributed by atoms with Gasteiger partial charge in [0.05, 0.1) is 19.8 Å². The zero-order chi connectivity index (χ0) is 25.4. The largest absolute Gasteiger partial charge is 0.494 e. The summed E-state index contributed by atoms with van der Waals surface area (Å²) in [6.07, 6.45) is 15.2. The van der Waals surface area contributed by atoms with Crippen molar-refractivity contribution in [3.05, 3.63) is 29.8 Å². The highest BCUT2D eigenvalue weighted by Gasteiger charge is 2.14. The van der Waals surface area contributed by atoms with E-state index in [1.165, 1.54) is 63.4 Å². The molecular formula is C27H48NO6P. The molecule has 2 atom stereocenters. The predicted octanol–water partition coefficient (Wildman–Crippen LogP) is 6.32. The van der Waals surface area contributed by atoms with Crippen molar-refractivity contribution < 1.29 is 28.2 Å². The molecule has 0 fully saturated rings. The van der Waals surface area contributed by atoms with Crippen molar-refractivity contribution in [3.63, 3.8) is 0 Å². The Morgan fingerprint density at radius 2 is 1.57 bits per heavy atom. The lowest BCUT2D eigenvalue weighted by molar-refractivity contribution is -0.135. The minimum absolute atomic E-state index is 0.117. The van der Waals surface area contributed by atoms with Gasteiger partial charge in [-0.05, 0) is 50.4 Å². The lowest BCUT2D eigenvalue weighted by Crippen LogP contribution is -2.19. The molecule has 1 aromatic carbocycles. The quantitative estimate of drug-likeness (QED) is 0.0898. The number of hydrogen-bond acceptors (Lipinski definition) is 7. The molecule has 0 saturated heterocycles. The second-order valence-corrected chi connectivity index (χ2v) is 9.88. The van der Waals surface area contributed by atoms with E-state index in [9.17, 15) is 9.69 Å². The lowest BCUT2D eigenvalue weighted by atomic mass is 10.1. The molecule has 2 unspecified atom stereocenters. The third kappa shape index (κ3) is 18.7. The molecule has 0 spiro atoms. The Bertz CT molecular complexity index is 604. The molecule has 1 aromatic rings. The minimum atomic E-state index is -1.96. The van der Waals surface area contributed by atoms with Gasteiger partial charge in [-0.15, -0.1) is 0 Å². The van der Waals surface area contributed by atoms with Crippen LogP contribution in [0.4, 0.5) is 0 Å². The monoisotopic (exact) mass is 513 g/mol. The molecule has 0 aromatic heterocycles. The fraction of sp³-hybridized carbons (Fsp3) is 0.741. The number of likely N-dealkylation sites (N-methyl/N-ethyl adjacent to an activating group) is 1. The molecule has 0 aliphatic rings. The topological polar surface area (TPSA) is 86.2 Å². The standard InChI is InChI=1S/C27H48NO6P/c1-3-4-5-6-7-8-9-10-11-12-21-31-26-18-16-25(17-19-26)14-13-15-27(32-24-29)23-34-35(30)33-22-20-28-2/h16-19,24,27-28,30H,3-15,20-23H2,1-2H3. The Kier molecular flexibility index (Phi) is 21.1. The molecule has 8 heteroatoms. The van der Waals surface area contributed by atoms with E-state index in [1.807, 2.05) is 12.1 Å². The molecule has 0 radical (unpaired) electrons. The van der Waals surface area contributed by atoms with Crippen LogP contribution in [-0.2, 0) is 25.0 Å². The molecule has 202 valence electrons. The van der Waals surface area contributed by atoms with Gasteiger partial charge >= 0.3 is 8.60 Å². The van der Waals surface area contributed by atoms with Crippen molar-refractivity contribution in [2.24, 2.45) is 0 Å². The number of unbranched alkanes of at least 4 members (excludes halogenated alkanes) is 9. The average molecular weight is 514 g/mol. The number of carbonyl (C=O) groups excluding carboxylic acids is 1. The molecule has 0 aliphatic heterocycles. The summed E-state index contributed by atoms with van der Waals surface area (Å²) in [5.74, 6) is 0.912. The zero-order valence-corrected chi connectivity index (χ0v) is 22.8. The summed E-state index contributed by atoms with van der Waals surface area (Å²) in [6, 6.07) is 8.22. The highest BCUT2D eigenvalue weighted by Crippen LogP contribution is 2.32. The Balaban J connectivity index is 2.12. The van der Waals surface area contributed by atoms with Crippen LogP contribution < -0.4 is 10.1 Å². The summed E-state index contributed by atoms with van der Waals surface area (Å²) in [5, 5.41) is 2.92. The van der Waals surface area contributed by atoms with Gasteiger partial charge in [0.2, 0.25) is 0 Å². The molecule has 0 saturated carbocycles. The Hall–Kier alpha value is -1.24. The van der Waals surface area contributed by atoms with E-state index in [1.54, 1.807) is 7.05 Å². The van der Waals surface area contributed by atoms with Crippen molar-refractivity contribution in [1.82, 2.24) is 5.32 Å². The van der Waals surface area contributed by atoms with Gasteiger partial charge in [0.15, 0.2) is 0 Å². The maximum atomic E-state index is 10.8. The van der Waals surface area contributed by atoms with Crippen LogP contribution in [0.3, 0.4) is 0 Å². The fourth-order valence-electron chi connectivity index (χ4n) is 3.74. The van der Waals surface area contributed by atoms with Gasteiger partial charge in [-0.25, -0.2) is 0 Å². The number of carbonyl (C=O) groups is 1. The molecule has 7 nitrogen and oxygen atoms in total. The number of ether oxygens (including phenoxy) is 2. The Morgan fingerprint density at radius 3 is 2.20 bits per heavy atom. The zero-order valence-electron chi connectivity index (χ0n) is 21.9. The third-order valence-electron chi connectivity index (χ3n) is 5.85. The normalized spacial score (nSPS) is 12.9. The van der Waals surface area contributed by atoms with Crippen LogP contribution in [0.2, 0.25) is 0 Å². The van der Waals surface area contributed by atoms with E-state index in [-0.39, 0.29) is 6.61 Å². The Labute approximate surface area is 214 Å². The molecule has 35 heavy (non-hydrogen) atoms. The number of nitrogens with one attached hydrogen (secondary N) is 1. The van der Waals surface area contributed by atoms with E-state index >= 15 is 0 Å². The summed E-state index contributed by atoms with van der Waals surface area (Å²) in [6.45, 7) is 4.56. The van der Waals surface area contributed by atoms with E-state index in [4.69, 9.17) is 18.5 Å². The van der Waals surface area contributed by atoms with Crippen molar-refractivity contribution in [2.75, 3.05) is 33.4 Å². The Morgan fingerprint density at radius 1 is 0.914 bits per heavy atom. The SMILES string of the molecule is CCCCCCCCCCCCOc1ccc(CCCC(COP(O)OCCNC)OC=O)cc1. The van der Waals surface area contributed by atoms with Gasteiger partial charge in [0, 0.05) is 6.54 Å². The van der Waals surface area contributed by atoms with Gasteiger partial charge < -0.3 is 28.7 Å². The van der Waals surface area contributed by atoms with Crippen molar-refractivity contribution in [1.29, 1.82) is 0 Å². The first kappa shape index (κ1) is 31.8. The molecule has 0 heterocycles. The molecule has 0 aliphatic carbocycles. The molecule has 0 bridgehead atoms. The average Bonchev–Trinajstić information content (AvgIpc) is 2.87. The van der Waals surface area contributed by atoms with E-state index in [2.05, 4.69) is 24.4 Å². The molecule has 2 N–H and O–H groups in total. The maximum Gasteiger partial charge on any atom is 0.330 e. The third-order valence-corrected chi connectivity index (χ3v) is 6.63. The summed E-state index contributed by atoms with van der Waals surface area (Å²) in [5.41, 5.74) is 1.21. The highest BCUT2D eigenvalue weighted by molar-refractivity contribution is 7.40. The number of aryl methyl sites for hydroxylation is 1. The van der Waals surface area contributed by atoms with Crippen LogP contribution in [-0.4, -0.2) is 50.9 Å². The van der Waals surface area contributed by atoms with Crippen molar-refractivity contribution in [2.45, 2.75) is 96.5 Å². The van der Waals surface area contributed by atoms with Crippen LogP contribution >= 0.6 is 8.60 Å². The predicted molar refractivity (Wildman–Crippen MR) is 143 cm³/mol. The van der Waals surface area contributed by atoms with E-state index in [0.717, 1.165) is 31.6 Å². The van der Waals surface area contributed by atoms with Gasteiger partial charge in [-0.3, -0.25) is 4.79 Å². The van der Waals surface area contributed by atoms with E-state index in [0.29, 0.717) is 26.0 Å². The summed E-state index contributed by atoms with van der Waals surface area (Å²) in [4.78, 5) is 20.5.